The Bertz CT molecular complexity index is 478. The molecule has 0 radical (unpaired) electrons. The number of aromatic nitrogens is 1. The zero-order chi connectivity index (χ0) is 13.5. The molecule has 0 atom stereocenters. The minimum Gasteiger partial charge on any atom is -0.480 e. The van der Waals surface area contributed by atoms with E-state index in [4.69, 9.17) is 5.11 Å². The van der Waals surface area contributed by atoms with Gasteiger partial charge in [0.05, 0.1) is 18.3 Å². The highest BCUT2D eigenvalue weighted by molar-refractivity contribution is 5.96. The van der Waals surface area contributed by atoms with Gasteiger partial charge in [-0.1, -0.05) is 0 Å². The van der Waals surface area contributed by atoms with Crippen molar-refractivity contribution in [1.82, 2.24) is 15.6 Å². The number of nitrogens with one attached hydrogen (secondary N) is 2. The van der Waals surface area contributed by atoms with Crippen LogP contribution in [0, 0.1) is 5.82 Å². The van der Waals surface area contributed by atoms with E-state index in [-0.39, 0.29) is 5.56 Å². The van der Waals surface area contributed by atoms with E-state index in [0.717, 1.165) is 18.5 Å². The standard InChI is InChI=1S/C10H10FN3O4/c11-7-1-6(2-12-3-7)10(18)14-4-8(15)13-5-9(16)17/h1-3H,4-5H2,(H,13,15)(H,14,18)(H,16,17). The van der Waals surface area contributed by atoms with Crippen LogP contribution in [0.5, 0.6) is 0 Å². The molecule has 18 heavy (non-hydrogen) atoms. The van der Waals surface area contributed by atoms with Gasteiger partial charge < -0.3 is 15.7 Å². The van der Waals surface area contributed by atoms with Gasteiger partial charge in [0.1, 0.15) is 12.4 Å². The summed E-state index contributed by atoms with van der Waals surface area (Å²) < 4.78 is 12.7. The lowest BCUT2D eigenvalue weighted by molar-refractivity contribution is -0.137. The number of hydrogen-bond acceptors (Lipinski definition) is 4. The minimum atomic E-state index is -1.19. The molecule has 0 aliphatic rings. The van der Waals surface area contributed by atoms with Crippen LogP contribution in [-0.2, 0) is 9.59 Å². The molecule has 0 aromatic carbocycles. The molecule has 96 valence electrons. The van der Waals surface area contributed by atoms with Gasteiger partial charge in [0.25, 0.3) is 5.91 Å². The Morgan fingerprint density at radius 3 is 2.56 bits per heavy atom. The van der Waals surface area contributed by atoms with Crippen molar-refractivity contribution in [2.75, 3.05) is 13.1 Å². The third-order valence-corrected chi connectivity index (χ3v) is 1.81. The first-order valence-corrected chi connectivity index (χ1v) is 4.86. The molecular weight excluding hydrogens is 245 g/mol. The average molecular weight is 255 g/mol. The van der Waals surface area contributed by atoms with Crippen LogP contribution in [0.2, 0.25) is 0 Å². The highest BCUT2D eigenvalue weighted by Crippen LogP contribution is 1.99. The number of carbonyl (C=O) groups excluding carboxylic acids is 2. The molecular formula is C10H10FN3O4. The monoisotopic (exact) mass is 255 g/mol. The summed E-state index contributed by atoms with van der Waals surface area (Å²) in [6.45, 7) is -0.932. The van der Waals surface area contributed by atoms with Crippen LogP contribution in [-0.4, -0.2) is 41.0 Å². The van der Waals surface area contributed by atoms with Gasteiger partial charge >= 0.3 is 5.97 Å². The van der Waals surface area contributed by atoms with Crippen LogP contribution in [0.15, 0.2) is 18.5 Å². The number of carbonyl (C=O) groups is 3. The van der Waals surface area contributed by atoms with Crippen molar-refractivity contribution >= 4 is 17.8 Å². The molecule has 0 bridgehead atoms. The van der Waals surface area contributed by atoms with E-state index < -0.39 is 36.7 Å². The third kappa shape index (κ3) is 4.56. The Kier molecular flexibility index (Phi) is 4.73. The topological polar surface area (TPSA) is 108 Å². The van der Waals surface area contributed by atoms with Gasteiger partial charge in [0.2, 0.25) is 5.91 Å². The lowest BCUT2D eigenvalue weighted by Crippen LogP contribution is -2.39. The molecule has 0 aliphatic heterocycles. The van der Waals surface area contributed by atoms with Crippen LogP contribution in [0.3, 0.4) is 0 Å². The molecule has 3 N–H and O–H groups in total. The zero-order valence-corrected chi connectivity index (χ0v) is 9.14. The van der Waals surface area contributed by atoms with Gasteiger partial charge in [-0.3, -0.25) is 19.4 Å². The van der Waals surface area contributed by atoms with Crippen molar-refractivity contribution in [2.45, 2.75) is 0 Å². The average Bonchev–Trinajstić information content (AvgIpc) is 2.33. The summed E-state index contributed by atoms with van der Waals surface area (Å²) in [4.78, 5) is 36.1. The highest BCUT2D eigenvalue weighted by atomic mass is 19.1. The molecule has 0 fully saturated rings. The van der Waals surface area contributed by atoms with Crippen molar-refractivity contribution in [2.24, 2.45) is 0 Å². The van der Waals surface area contributed by atoms with E-state index in [1.54, 1.807) is 0 Å². The zero-order valence-electron chi connectivity index (χ0n) is 9.14. The van der Waals surface area contributed by atoms with Crippen LogP contribution >= 0.6 is 0 Å². The van der Waals surface area contributed by atoms with Crippen molar-refractivity contribution < 1.29 is 23.9 Å². The Labute approximate surface area is 101 Å². The van der Waals surface area contributed by atoms with Gasteiger partial charge in [0, 0.05) is 6.20 Å². The molecule has 2 amide bonds. The predicted octanol–water partition coefficient (Wildman–Crippen LogP) is -0.849. The molecule has 0 aliphatic carbocycles. The Morgan fingerprint density at radius 2 is 1.94 bits per heavy atom. The fourth-order valence-corrected chi connectivity index (χ4v) is 1.04. The lowest BCUT2D eigenvalue weighted by Gasteiger charge is -2.05. The van der Waals surface area contributed by atoms with Crippen LogP contribution in [0.25, 0.3) is 0 Å². The van der Waals surface area contributed by atoms with Gasteiger partial charge in [-0.2, -0.15) is 0 Å². The summed E-state index contributed by atoms with van der Waals surface area (Å²) in [6.07, 6.45) is 2.09. The number of aliphatic carboxylic acids is 1. The Balaban J connectivity index is 2.42. The second-order valence-corrected chi connectivity index (χ2v) is 3.24. The van der Waals surface area contributed by atoms with Gasteiger partial charge in [-0.25, -0.2) is 4.39 Å². The molecule has 1 aromatic rings. The summed E-state index contributed by atoms with van der Waals surface area (Å²) in [7, 11) is 0. The molecule has 1 aromatic heterocycles. The molecule has 7 nitrogen and oxygen atoms in total. The second-order valence-electron chi connectivity index (χ2n) is 3.24. The second kappa shape index (κ2) is 6.28. The molecule has 0 unspecified atom stereocenters. The molecule has 1 heterocycles. The van der Waals surface area contributed by atoms with E-state index >= 15 is 0 Å². The summed E-state index contributed by atoms with van der Waals surface area (Å²) in [5.74, 6) is -3.19. The molecule has 0 saturated carbocycles. The summed E-state index contributed by atoms with van der Waals surface area (Å²) in [6, 6.07) is 0.970. The maximum atomic E-state index is 12.7. The van der Waals surface area contributed by atoms with E-state index in [9.17, 15) is 18.8 Å². The fraction of sp³-hybridized carbons (Fsp3) is 0.200. The normalized spacial score (nSPS) is 9.61. The van der Waals surface area contributed by atoms with E-state index in [0.29, 0.717) is 0 Å². The number of carboxylic acid groups (broad SMARTS) is 1. The SMILES string of the molecule is O=C(O)CNC(=O)CNC(=O)c1cncc(F)c1. The Morgan fingerprint density at radius 1 is 1.22 bits per heavy atom. The Hall–Kier alpha value is -2.51. The predicted molar refractivity (Wildman–Crippen MR) is 57.2 cm³/mol. The number of carboxylic acids is 1. The van der Waals surface area contributed by atoms with Crippen molar-refractivity contribution in [3.05, 3.63) is 29.8 Å². The lowest BCUT2D eigenvalue weighted by atomic mass is 10.2. The number of rotatable bonds is 5. The van der Waals surface area contributed by atoms with E-state index in [2.05, 4.69) is 15.6 Å². The van der Waals surface area contributed by atoms with E-state index in [1.165, 1.54) is 0 Å². The number of halogens is 1. The smallest absolute Gasteiger partial charge is 0.322 e. The summed E-state index contributed by atoms with van der Waals surface area (Å²) in [5.41, 5.74) is -0.0268. The number of pyridine rings is 1. The third-order valence-electron chi connectivity index (χ3n) is 1.81. The maximum absolute atomic E-state index is 12.7. The molecule has 8 heteroatoms. The van der Waals surface area contributed by atoms with Crippen molar-refractivity contribution in [3.8, 4) is 0 Å². The summed E-state index contributed by atoms with van der Waals surface area (Å²) in [5, 5.41) is 12.6. The van der Waals surface area contributed by atoms with Gasteiger partial charge in [0.15, 0.2) is 0 Å². The quantitative estimate of drug-likeness (QED) is 0.635. The maximum Gasteiger partial charge on any atom is 0.322 e. The largest absolute Gasteiger partial charge is 0.480 e. The van der Waals surface area contributed by atoms with Crippen molar-refractivity contribution in [1.29, 1.82) is 0 Å². The van der Waals surface area contributed by atoms with Gasteiger partial charge in [-0.05, 0) is 6.07 Å². The van der Waals surface area contributed by atoms with E-state index in [1.807, 2.05) is 0 Å². The number of nitrogens with zero attached hydrogens (tertiary/aromatic N) is 1. The first-order valence-electron chi connectivity index (χ1n) is 4.86. The number of hydrogen-bond donors (Lipinski definition) is 3. The minimum absolute atomic E-state index is 0.0268. The molecule has 0 spiro atoms. The highest BCUT2D eigenvalue weighted by Gasteiger charge is 2.09. The molecule has 0 saturated heterocycles. The van der Waals surface area contributed by atoms with Crippen LogP contribution < -0.4 is 10.6 Å². The first kappa shape index (κ1) is 13.6. The van der Waals surface area contributed by atoms with Gasteiger partial charge in [-0.15, -0.1) is 0 Å². The summed E-state index contributed by atoms with van der Waals surface area (Å²) >= 11 is 0. The van der Waals surface area contributed by atoms with Crippen LogP contribution in [0.4, 0.5) is 4.39 Å². The van der Waals surface area contributed by atoms with Crippen molar-refractivity contribution in [3.63, 3.8) is 0 Å². The first-order chi connectivity index (χ1) is 8.49. The fourth-order valence-electron chi connectivity index (χ4n) is 1.04. The van der Waals surface area contributed by atoms with Crippen LogP contribution in [0.1, 0.15) is 10.4 Å². The number of amides is 2. The molecule has 1 rings (SSSR count).